The minimum absolute atomic E-state index is 0.167. The van der Waals surface area contributed by atoms with Crippen LogP contribution in [0.15, 0.2) is 30.3 Å². The number of carbonyl (C=O) groups is 1. The van der Waals surface area contributed by atoms with E-state index in [0.717, 1.165) is 41.0 Å². The predicted molar refractivity (Wildman–Crippen MR) is 144 cm³/mol. The van der Waals surface area contributed by atoms with E-state index in [1.807, 2.05) is 19.1 Å². The number of halogens is 1. The fraction of sp³-hybridized carbons (Fsp3) is 0.385. The highest BCUT2D eigenvalue weighted by atomic mass is 35.5. The molecule has 0 unspecified atom stereocenters. The molecule has 0 atom stereocenters. The second kappa shape index (κ2) is 11.9. The van der Waals surface area contributed by atoms with Gasteiger partial charge in [-0.15, -0.1) is 0 Å². The summed E-state index contributed by atoms with van der Waals surface area (Å²) in [5.41, 5.74) is 2.48. The van der Waals surface area contributed by atoms with Crippen molar-refractivity contribution in [3.05, 3.63) is 46.5 Å². The number of hydrogen-bond acceptors (Lipinski definition) is 8. The Morgan fingerprint density at radius 3 is 2.50 bits per heavy atom. The van der Waals surface area contributed by atoms with Crippen LogP contribution in [0.4, 0.5) is 5.13 Å². The van der Waals surface area contributed by atoms with E-state index in [9.17, 15) is 4.79 Å². The lowest BCUT2D eigenvalue weighted by atomic mass is 10.1. The zero-order valence-electron chi connectivity index (χ0n) is 20.9. The lowest BCUT2D eigenvalue weighted by Crippen LogP contribution is -2.42. The summed E-state index contributed by atoms with van der Waals surface area (Å²) >= 11 is 7.80. The molecule has 1 aliphatic heterocycles. The standard InChI is InChI=1S/C26H30ClN3O5S/c1-17-19(27)6-7-22-24(17)28-26(36-22)30(10-9-29-11-13-35-14-12-29)23(31)8-5-18-15-20(32-2)25(34-4)21(16-18)33-3/h5-8,15-16H,9-14H2,1-4H3/b8-5+. The van der Waals surface area contributed by atoms with E-state index in [2.05, 4.69) is 4.90 Å². The number of aryl methyl sites for hydroxylation is 1. The lowest BCUT2D eigenvalue weighted by molar-refractivity contribution is -0.114. The van der Waals surface area contributed by atoms with E-state index in [1.165, 1.54) is 11.3 Å². The number of benzene rings is 2. The Bertz CT molecular complexity index is 1230. The van der Waals surface area contributed by atoms with Gasteiger partial charge in [0, 0.05) is 37.3 Å². The Labute approximate surface area is 220 Å². The largest absolute Gasteiger partial charge is 0.493 e. The van der Waals surface area contributed by atoms with Crippen molar-refractivity contribution in [2.75, 3.05) is 65.6 Å². The summed E-state index contributed by atoms with van der Waals surface area (Å²) < 4.78 is 22.7. The van der Waals surface area contributed by atoms with Crippen LogP contribution >= 0.6 is 22.9 Å². The van der Waals surface area contributed by atoms with Gasteiger partial charge in [-0.2, -0.15) is 0 Å². The van der Waals surface area contributed by atoms with Crippen molar-refractivity contribution >= 4 is 50.3 Å². The molecule has 4 rings (SSSR count). The van der Waals surface area contributed by atoms with Gasteiger partial charge in [-0.1, -0.05) is 22.9 Å². The first-order chi connectivity index (χ1) is 17.4. The van der Waals surface area contributed by atoms with Crippen molar-refractivity contribution in [3.8, 4) is 17.2 Å². The summed E-state index contributed by atoms with van der Waals surface area (Å²) in [6.45, 7) is 6.27. The third-order valence-corrected chi connectivity index (χ3v) is 7.54. The van der Waals surface area contributed by atoms with Crippen molar-refractivity contribution in [1.82, 2.24) is 9.88 Å². The highest BCUT2D eigenvalue weighted by Gasteiger charge is 2.21. The summed E-state index contributed by atoms with van der Waals surface area (Å²) in [7, 11) is 4.67. The maximum absolute atomic E-state index is 13.5. The van der Waals surface area contributed by atoms with Gasteiger partial charge in [0.1, 0.15) is 0 Å². The topological polar surface area (TPSA) is 73.4 Å². The highest BCUT2D eigenvalue weighted by Crippen LogP contribution is 2.38. The maximum Gasteiger partial charge on any atom is 0.252 e. The molecule has 1 aliphatic rings. The molecule has 2 heterocycles. The number of ether oxygens (including phenoxy) is 4. The molecule has 1 saturated heterocycles. The molecule has 0 saturated carbocycles. The SMILES string of the molecule is COc1cc(/C=C/C(=O)N(CCN2CCOCC2)c2nc3c(C)c(Cl)ccc3s2)cc(OC)c1OC. The van der Waals surface area contributed by atoms with Gasteiger partial charge in [-0.3, -0.25) is 14.6 Å². The first-order valence-electron chi connectivity index (χ1n) is 11.6. The molecule has 0 bridgehead atoms. The van der Waals surface area contributed by atoms with Gasteiger partial charge < -0.3 is 18.9 Å². The number of nitrogens with zero attached hydrogens (tertiary/aromatic N) is 3. The third kappa shape index (κ3) is 5.75. The Balaban J connectivity index is 1.63. The van der Waals surface area contributed by atoms with Gasteiger partial charge in [-0.25, -0.2) is 4.98 Å². The quantitative estimate of drug-likeness (QED) is 0.372. The lowest BCUT2D eigenvalue weighted by Gasteiger charge is -2.28. The third-order valence-electron chi connectivity index (χ3n) is 6.08. The van der Waals surface area contributed by atoms with Crippen LogP contribution in [0, 0.1) is 6.92 Å². The number of thiazole rings is 1. The van der Waals surface area contributed by atoms with E-state index in [4.69, 9.17) is 35.5 Å². The van der Waals surface area contributed by atoms with Gasteiger partial charge >= 0.3 is 0 Å². The minimum Gasteiger partial charge on any atom is -0.493 e. The molecule has 1 fully saturated rings. The highest BCUT2D eigenvalue weighted by molar-refractivity contribution is 7.22. The van der Waals surface area contributed by atoms with Gasteiger partial charge in [0.05, 0.1) is 44.8 Å². The summed E-state index contributed by atoms with van der Waals surface area (Å²) in [4.78, 5) is 22.3. The number of hydrogen-bond donors (Lipinski definition) is 0. The van der Waals surface area contributed by atoms with Gasteiger partial charge in [0.25, 0.3) is 5.91 Å². The number of morpholine rings is 1. The van der Waals surface area contributed by atoms with E-state index in [-0.39, 0.29) is 5.91 Å². The summed E-state index contributed by atoms with van der Waals surface area (Å²) in [6.07, 6.45) is 3.29. The molecule has 3 aromatic rings. The number of anilines is 1. The molecule has 0 spiro atoms. The zero-order valence-corrected chi connectivity index (χ0v) is 22.4. The molecule has 192 valence electrons. The molecule has 0 radical (unpaired) electrons. The fourth-order valence-electron chi connectivity index (χ4n) is 4.03. The first kappa shape index (κ1) is 26.2. The van der Waals surface area contributed by atoms with Crippen LogP contribution in [0.1, 0.15) is 11.1 Å². The van der Waals surface area contributed by atoms with Crippen LogP contribution in [0.5, 0.6) is 17.2 Å². The van der Waals surface area contributed by atoms with Gasteiger partial charge in [0.2, 0.25) is 5.75 Å². The Kier molecular flexibility index (Phi) is 8.68. The predicted octanol–water partition coefficient (Wildman–Crippen LogP) is 4.66. The van der Waals surface area contributed by atoms with Gasteiger partial charge in [-0.05, 0) is 48.4 Å². The molecule has 8 nitrogen and oxygen atoms in total. The molecule has 1 aromatic heterocycles. The Hall–Kier alpha value is -2.85. The van der Waals surface area contributed by atoms with Crippen LogP contribution < -0.4 is 19.1 Å². The van der Waals surface area contributed by atoms with Crippen LogP contribution in [-0.2, 0) is 9.53 Å². The van der Waals surface area contributed by atoms with Crippen LogP contribution in [-0.4, -0.2) is 76.5 Å². The molecule has 0 aliphatic carbocycles. The van der Waals surface area contributed by atoms with Crippen molar-refractivity contribution in [1.29, 1.82) is 0 Å². The first-order valence-corrected chi connectivity index (χ1v) is 12.8. The van der Waals surface area contributed by atoms with Crippen molar-refractivity contribution in [3.63, 3.8) is 0 Å². The van der Waals surface area contributed by atoms with Crippen LogP contribution in [0.25, 0.3) is 16.3 Å². The van der Waals surface area contributed by atoms with Crippen molar-refractivity contribution in [2.45, 2.75) is 6.92 Å². The zero-order chi connectivity index (χ0) is 25.7. The van der Waals surface area contributed by atoms with E-state index >= 15 is 0 Å². The summed E-state index contributed by atoms with van der Waals surface area (Å²) in [5.74, 6) is 1.37. The number of carbonyl (C=O) groups excluding carboxylic acids is 1. The van der Waals surface area contributed by atoms with E-state index in [0.29, 0.717) is 47.2 Å². The normalized spacial score (nSPS) is 14.4. The van der Waals surface area contributed by atoms with Crippen molar-refractivity contribution in [2.24, 2.45) is 0 Å². The van der Waals surface area contributed by atoms with Crippen LogP contribution in [0.2, 0.25) is 5.02 Å². The number of amides is 1. The molecular weight excluding hydrogens is 502 g/mol. The van der Waals surface area contributed by atoms with E-state index in [1.54, 1.807) is 50.5 Å². The monoisotopic (exact) mass is 531 g/mol. The maximum atomic E-state index is 13.5. The second-order valence-electron chi connectivity index (χ2n) is 8.25. The molecule has 0 N–H and O–H groups in total. The number of rotatable bonds is 9. The molecule has 2 aromatic carbocycles. The van der Waals surface area contributed by atoms with Crippen molar-refractivity contribution < 1.29 is 23.7 Å². The molecule has 10 heteroatoms. The second-order valence-corrected chi connectivity index (χ2v) is 9.67. The Morgan fingerprint density at radius 1 is 1.17 bits per heavy atom. The summed E-state index contributed by atoms with van der Waals surface area (Å²) in [5, 5.41) is 1.30. The smallest absolute Gasteiger partial charge is 0.252 e. The fourth-order valence-corrected chi connectivity index (χ4v) is 5.23. The molecule has 1 amide bonds. The average molecular weight is 532 g/mol. The number of aromatic nitrogens is 1. The number of methoxy groups -OCH3 is 3. The average Bonchev–Trinajstić information content (AvgIpc) is 3.34. The van der Waals surface area contributed by atoms with E-state index < -0.39 is 0 Å². The van der Waals surface area contributed by atoms with Crippen LogP contribution in [0.3, 0.4) is 0 Å². The Morgan fingerprint density at radius 2 is 1.86 bits per heavy atom. The molecular formula is C26H30ClN3O5S. The molecule has 36 heavy (non-hydrogen) atoms. The van der Waals surface area contributed by atoms with Gasteiger partial charge in [0.15, 0.2) is 16.6 Å². The minimum atomic E-state index is -0.167. The summed E-state index contributed by atoms with van der Waals surface area (Å²) in [6, 6.07) is 7.41. The number of fused-ring (bicyclic) bond motifs is 1.